The molecular weight excluding hydrogens is 347 g/mol. The summed E-state index contributed by atoms with van der Waals surface area (Å²) in [6.45, 7) is 4.76. The average molecular weight is 363 g/mol. The van der Waals surface area contributed by atoms with Gasteiger partial charge in [-0.2, -0.15) is 0 Å². The molecule has 7 heteroatoms. The summed E-state index contributed by atoms with van der Waals surface area (Å²) < 4.78 is 0. The predicted molar refractivity (Wildman–Crippen MR) is 97.1 cm³/mol. The molecule has 124 valence electrons. The van der Waals surface area contributed by atoms with Crippen molar-refractivity contribution in [2.24, 2.45) is 4.99 Å². The molecule has 1 amide bonds. The molecule has 1 N–H and O–H groups in total. The number of nitrogens with zero attached hydrogens (tertiary/aromatic N) is 3. The Labute approximate surface area is 150 Å². The quantitative estimate of drug-likeness (QED) is 0.880. The molecule has 0 bridgehead atoms. The lowest BCUT2D eigenvalue weighted by molar-refractivity contribution is 0.0857. The Bertz CT molecular complexity index is 795. The normalized spacial score (nSPS) is 13.8. The van der Waals surface area contributed by atoms with Crippen molar-refractivity contribution in [2.45, 2.75) is 13.8 Å². The molecule has 0 radical (unpaired) electrons. The number of rotatable bonds is 2. The number of hydrogen-bond acceptors (Lipinski definition) is 4. The SMILES string of the molecule is Cc1cc(C(=O)N2CCN=C2Nc2c(Cl)cccc2Cl)cc(C)n1. The number of carbonyl (C=O) groups is 1. The average Bonchev–Trinajstić information content (AvgIpc) is 2.97. The number of para-hydroxylation sites is 1. The molecule has 0 unspecified atom stereocenters. The van der Waals surface area contributed by atoms with Gasteiger partial charge in [-0.1, -0.05) is 29.3 Å². The summed E-state index contributed by atoms with van der Waals surface area (Å²) in [4.78, 5) is 23.1. The molecule has 1 aliphatic rings. The number of guanidine groups is 1. The number of aliphatic imine (C=N–C) groups is 1. The van der Waals surface area contributed by atoms with E-state index in [4.69, 9.17) is 23.2 Å². The second-order valence-electron chi connectivity index (χ2n) is 5.52. The third-order valence-electron chi connectivity index (χ3n) is 3.61. The molecule has 0 aliphatic carbocycles. The van der Waals surface area contributed by atoms with Gasteiger partial charge in [0.15, 0.2) is 0 Å². The number of pyridine rings is 1. The first-order chi connectivity index (χ1) is 11.5. The zero-order valence-electron chi connectivity index (χ0n) is 13.3. The van der Waals surface area contributed by atoms with Gasteiger partial charge in [-0.05, 0) is 38.1 Å². The van der Waals surface area contributed by atoms with E-state index in [1.807, 2.05) is 13.8 Å². The van der Waals surface area contributed by atoms with Crippen molar-refractivity contribution in [1.82, 2.24) is 9.88 Å². The fraction of sp³-hybridized carbons (Fsp3) is 0.235. The van der Waals surface area contributed by atoms with Crippen LogP contribution in [-0.4, -0.2) is 34.8 Å². The Balaban J connectivity index is 1.86. The molecule has 1 aliphatic heterocycles. The van der Waals surface area contributed by atoms with E-state index in [1.165, 1.54) is 0 Å². The molecule has 24 heavy (non-hydrogen) atoms. The number of aryl methyl sites for hydroxylation is 2. The predicted octanol–water partition coefficient (Wildman–Crippen LogP) is 3.93. The van der Waals surface area contributed by atoms with Gasteiger partial charge in [0, 0.05) is 23.5 Å². The van der Waals surface area contributed by atoms with Crippen LogP contribution < -0.4 is 5.32 Å². The minimum absolute atomic E-state index is 0.129. The van der Waals surface area contributed by atoms with Crippen molar-refractivity contribution in [3.63, 3.8) is 0 Å². The van der Waals surface area contributed by atoms with E-state index >= 15 is 0 Å². The van der Waals surface area contributed by atoms with Crippen LogP contribution in [0.2, 0.25) is 10.0 Å². The van der Waals surface area contributed by atoms with Crippen LogP contribution in [0.25, 0.3) is 0 Å². The molecule has 0 atom stereocenters. The highest BCUT2D eigenvalue weighted by molar-refractivity contribution is 6.40. The molecule has 2 heterocycles. The number of nitrogens with one attached hydrogen (secondary N) is 1. The van der Waals surface area contributed by atoms with Crippen molar-refractivity contribution >= 4 is 40.8 Å². The Morgan fingerprint density at radius 1 is 1.17 bits per heavy atom. The van der Waals surface area contributed by atoms with E-state index in [0.29, 0.717) is 40.3 Å². The summed E-state index contributed by atoms with van der Waals surface area (Å²) in [6, 6.07) is 8.76. The van der Waals surface area contributed by atoms with Crippen LogP contribution in [0.1, 0.15) is 21.7 Å². The van der Waals surface area contributed by atoms with Crippen LogP contribution in [-0.2, 0) is 0 Å². The number of benzene rings is 1. The molecule has 3 rings (SSSR count). The van der Waals surface area contributed by atoms with Crippen molar-refractivity contribution < 1.29 is 4.79 Å². The fourth-order valence-electron chi connectivity index (χ4n) is 2.59. The van der Waals surface area contributed by atoms with Gasteiger partial charge in [-0.3, -0.25) is 19.7 Å². The first kappa shape index (κ1) is 16.7. The lowest BCUT2D eigenvalue weighted by Crippen LogP contribution is -2.38. The molecule has 0 saturated carbocycles. The summed E-state index contributed by atoms with van der Waals surface area (Å²) in [7, 11) is 0. The Morgan fingerprint density at radius 3 is 2.42 bits per heavy atom. The summed E-state index contributed by atoms with van der Waals surface area (Å²) in [5.74, 6) is 0.317. The molecule has 0 fully saturated rings. The van der Waals surface area contributed by atoms with E-state index in [0.717, 1.165) is 11.4 Å². The highest BCUT2D eigenvalue weighted by atomic mass is 35.5. The Hall–Kier alpha value is -2.11. The number of hydrogen-bond donors (Lipinski definition) is 1. The summed E-state index contributed by atoms with van der Waals surface area (Å²) in [5, 5.41) is 4.03. The molecule has 2 aromatic rings. The first-order valence-corrected chi connectivity index (χ1v) is 8.24. The van der Waals surface area contributed by atoms with E-state index in [-0.39, 0.29) is 5.91 Å². The zero-order chi connectivity index (χ0) is 17.3. The number of anilines is 1. The van der Waals surface area contributed by atoms with Crippen LogP contribution >= 0.6 is 23.2 Å². The van der Waals surface area contributed by atoms with Gasteiger partial charge in [-0.15, -0.1) is 0 Å². The minimum atomic E-state index is -0.129. The van der Waals surface area contributed by atoms with Crippen LogP contribution in [0.4, 0.5) is 5.69 Å². The zero-order valence-corrected chi connectivity index (χ0v) is 14.8. The lowest BCUT2D eigenvalue weighted by atomic mass is 10.2. The van der Waals surface area contributed by atoms with Gasteiger partial charge < -0.3 is 5.32 Å². The van der Waals surface area contributed by atoms with Gasteiger partial charge in [0.2, 0.25) is 5.96 Å². The van der Waals surface area contributed by atoms with Crippen molar-refractivity contribution in [1.29, 1.82) is 0 Å². The van der Waals surface area contributed by atoms with Gasteiger partial charge in [0.1, 0.15) is 0 Å². The molecule has 1 aromatic carbocycles. The van der Waals surface area contributed by atoms with Gasteiger partial charge >= 0.3 is 0 Å². The standard InChI is InChI=1S/C17H16Cl2N4O/c1-10-8-12(9-11(2)21-10)16(24)23-7-6-20-17(23)22-15-13(18)4-3-5-14(15)19/h3-5,8-9H,6-7H2,1-2H3,(H,20,22). The molecule has 0 saturated heterocycles. The first-order valence-electron chi connectivity index (χ1n) is 7.48. The van der Waals surface area contributed by atoms with Crippen LogP contribution in [0.5, 0.6) is 0 Å². The van der Waals surface area contributed by atoms with Crippen LogP contribution in [0, 0.1) is 13.8 Å². The fourth-order valence-corrected chi connectivity index (χ4v) is 3.09. The van der Waals surface area contributed by atoms with Crippen LogP contribution in [0.15, 0.2) is 35.3 Å². The number of carbonyl (C=O) groups excluding carboxylic acids is 1. The van der Waals surface area contributed by atoms with Gasteiger partial charge in [0.05, 0.1) is 22.3 Å². The number of aromatic nitrogens is 1. The van der Waals surface area contributed by atoms with Crippen molar-refractivity contribution in [3.05, 3.63) is 57.3 Å². The maximum Gasteiger partial charge on any atom is 0.260 e. The summed E-state index contributed by atoms with van der Waals surface area (Å²) in [5.41, 5.74) is 2.74. The van der Waals surface area contributed by atoms with Gasteiger partial charge in [-0.25, -0.2) is 0 Å². The number of amides is 1. The smallest absolute Gasteiger partial charge is 0.260 e. The minimum Gasteiger partial charge on any atom is -0.323 e. The highest BCUT2D eigenvalue weighted by Gasteiger charge is 2.26. The second kappa shape index (κ2) is 6.79. The summed E-state index contributed by atoms with van der Waals surface area (Å²) in [6.07, 6.45) is 0. The second-order valence-corrected chi connectivity index (χ2v) is 6.34. The monoisotopic (exact) mass is 362 g/mol. The van der Waals surface area contributed by atoms with Crippen molar-refractivity contribution in [2.75, 3.05) is 18.4 Å². The van der Waals surface area contributed by atoms with Crippen molar-refractivity contribution in [3.8, 4) is 0 Å². The molecular formula is C17H16Cl2N4O. The highest BCUT2D eigenvalue weighted by Crippen LogP contribution is 2.30. The maximum atomic E-state index is 12.8. The van der Waals surface area contributed by atoms with Gasteiger partial charge in [0.25, 0.3) is 5.91 Å². The topological polar surface area (TPSA) is 57.6 Å². The van der Waals surface area contributed by atoms with Crippen LogP contribution in [0.3, 0.4) is 0 Å². The third-order valence-corrected chi connectivity index (χ3v) is 4.24. The number of halogens is 2. The lowest BCUT2D eigenvalue weighted by Gasteiger charge is -2.20. The third kappa shape index (κ3) is 3.37. The van der Waals surface area contributed by atoms with E-state index in [1.54, 1.807) is 35.2 Å². The van der Waals surface area contributed by atoms with E-state index in [2.05, 4.69) is 15.3 Å². The molecule has 1 aromatic heterocycles. The molecule has 5 nitrogen and oxygen atoms in total. The Kier molecular flexibility index (Phi) is 4.73. The summed E-state index contributed by atoms with van der Waals surface area (Å²) >= 11 is 12.4. The van der Waals surface area contributed by atoms with E-state index < -0.39 is 0 Å². The maximum absolute atomic E-state index is 12.8. The Morgan fingerprint density at radius 2 is 1.79 bits per heavy atom. The van der Waals surface area contributed by atoms with E-state index in [9.17, 15) is 4.79 Å². The molecule has 0 spiro atoms. The largest absolute Gasteiger partial charge is 0.323 e.